The highest BCUT2D eigenvalue weighted by Gasteiger charge is 2.17. The molecule has 0 radical (unpaired) electrons. The molecule has 1 aromatic carbocycles. The second-order valence-electron chi connectivity index (χ2n) is 4.54. The predicted molar refractivity (Wildman–Crippen MR) is 63.0 cm³/mol. The molecule has 0 amide bonds. The Kier molecular flexibility index (Phi) is 4.07. The molecule has 1 N–H and O–H groups in total. The van der Waals surface area contributed by atoms with Gasteiger partial charge in [-0.3, -0.25) is 4.84 Å². The first-order chi connectivity index (χ1) is 7.29. The van der Waals surface area contributed by atoms with Gasteiger partial charge < -0.3 is 0 Å². The van der Waals surface area contributed by atoms with Crippen molar-refractivity contribution in [1.82, 2.24) is 4.89 Å². The molecule has 0 heterocycles. The van der Waals surface area contributed by atoms with Crippen LogP contribution in [0.25, 0.3) is 0 Å². The molecule has 0 aromatic heterocycles. The van der Waals surface area contributed by atoms with Crippen LogP contribution in [0.5, 0.6) is 0 Å². The lowest BCUT2D eigenvalue weighted by Gasteiger charge is -2.19. The minimum Gasteiger partial charge on any atom is -0.281 e. The molecule has 0 bridgehead atoms. The lowest BCUT2D eigenvalue weighted by Crippen LogP contribution is -2.34. The van der Waals surface area contributed by atoms with E-state index in [1.54, 1.807) is 45.0 Å². The fraction of sp³-hybridized carbons (Fsp3) is 0.455. The molecule has 0 aliphatic heterocycles. The van der Waals surface area contributed by atoms with Gasteiger partial charge in [-0.05, 0) is 26.3 Å². The lowest BCUT2D eigenvalue weighted by molar-refractivity contribution is -0.0358. The quantitative estimate of drug-likeness (QED) is 0.821. The van der Waals surface area contributed by atoms with E-state index in [0.29, 0.717) is 0 Å². The van der Waals surface area contributed by atoms with Gasteiger partial charge in [0.05, 0.1) is 11.4 Å². The van der Waals surface area contributed by atoms with Gasteiger partial charge in [-0.15, -0.1) is 0 Å². The summed E-state index contributed by atoms with van der Waals surface area (Å²) in [7, 11) is -3.44. The van der Waals surface area contributed by atoms with Gasteiger partial charge in [-0.1, -0.05) is 35.2 Å². The SMILES string of the molecule is CC(C)(C)ONS(=O)(=O)Cc1ccccc1. The minimum atomic E-state index is -3.44. The summed E-state index contributed by atoms with van der Waals surface area (Å²) in [6.07, 6.45) is 0. The first-order valence-electron chi connectivity index (χ1n) is 5.00. The van der Waals surface area contributed by atoms with Gasteiger partial charge in [0.25, 0.3) is 0 Å². The lowest BCUT2D eigenvalue weighted by atomic mass is 10.2. The van der Waals surface area contributed by atoms with Crippen molar-refractivity contribution >= 4 is 10.0 Å². The zero-order valence-electron chi connectivity index (χ0n) is 9.73. The predicted octanol–water partition coefficient (Wildman–Crippen LogP) is 1.84. The molecule has 0 saturated carbocycles. The van der Waals surface area contributed by atoms with E-state index in [4.69, 9.17) is 4.84 Å². The van der Waals surface area contributed by atoms with Gasteiger partial charge in [0, 0.05) is 0 Å². The van der Waals surface area contributed by atoms with E-state index >= 15 is 0 Å². The molecule has 0 spiro atoms. The van der Waals surface area contributed by atoms with Gasteiger partial charge in [-0.25, -0.2) is 8.42 Å². The second kappa shape index (κ2) is 4.95. The second-order valence-corrected chi connectivity index (χ2v) is 6.23. The van der Waals surface area contributed by atoms with E-state index < -0.39 is 15.6 Å². The van der Waals surface area contributed by atoms with Crippen molar-refractivity contribution in [3.05, 3.63) is 35.9 Å². The fourth-order valence-corrected chi connectivity index (χ4v) is 2.08. The Hall–Kier alpha value is -0.910. The highest BCUT2D eigenvalue weighted by Crippen LogP contribution is 2.08. The Labute approximate surface area is 96.6 Å². The molecule has 4 nitrogen and oxygen atoms in total. The molecule has 0 atom stereocenters. The Balaban J connectivity index is 2.60. The molecule has 5 heteroatoms. The summed E-state index contributed by atoms with van der Waals surface area (Å²) < 4.78 is 23.2. The van der Waals surface area contributed by atoms with Gasteiger partial charge in [-0.2, -0.15) is 0 Å². The van der Waals surface area contributed by atoms with Crippen LogP contribution >= 0.6 is 0 Å². The number of rotatable bonds is 4. The van der Waals surface area contributed by atoms with Crippen LogP contribution in [0, 0.1) is 0 Å². The van der Waals surface area contributed by atoms with Crippen molar-refractivity contribution in [1.29, 1.82) is 0 Å². The summed E-state index contributed by atoms with van der Waals surface area (Å²) in [6.45, 7) is 5.33. The third-order valence-electron chi connectivity index (χ3n) is 1.67. The van der Waals surface area contributed by atoms with Crippen LogP contribution in [-0.4, -0.2) is 14.0 Å². The highest BCUT2D eigenvalue weighted by atomic mass is 32.2. The topological polar surface area (TPSA) is 55.4 Å². The van der Waals surface area contributed by atoms with Crippen LogP contribution < -0.4 is 4.89 Å². The molecule has 90 valence electrons. The Bertz CT molecular complexity index is 420. The average molecular weight is 243 g/mol. The zero-order valence-corrected chi connectivity index (χ0v) is 10.5. The Morgan fingerprint density at radius 2 is 1.75 bits per heavy atom. The largest absolute Gasteiger partial charge is 0.281 e. The first-order valence-corrected chi connectivity index (χ1v) is 6.65. The monoisotopic (exact) mass is 243 g/mol. The van der Waals surface area contributed by atoms with Crippen LogP contribution in [0.4, 0.5) is 0 Å². The molecule has 16 heavy (non-hydrogen) atoms. The van der Waals surface area contributed by atoms with Crippen LogP contribution in [-0.2, 0) is 20.6 Å². The van der Waals surface area contributed by atoms with E-state index in [1.165, 1.54) is 0 Å². The van der Waals surface area contributed by atoms with Crippen molar-refractivity contribution < 1.29 is 13.3 Å². The summed E-state index contributed by atoms with van der Waals surface area (Å²) in [4.78, 5) is 7.15. The van der Waals surface area contributed by atoms with E-state index in [-0.39, 0.29) is 5.75 Å². The third-order valence-corrected chi connectivity index (χ3v) is 2.72. The number of nitrogens with one attached hydrogen (secondary N) is 1. The van der Waals surface area contributed by atoms with E-state index in [0.717, 1.165) is 5.56 Å². The van der Waals surface area contributed by atoms with Crippen LogP contribution in [0.3, 0.4) is 0 Å². The standard InChI is InChI=1S/C11H17NO3S/c1-11(2,3)15-12-16(13,14)9-10-7-5-4-6-8-10/h4-8,12H,9H2,1-3H3. The average Bonchev–Trinajstić information content (AvgIpc) is 2.15. The molecule has 1 rings (SSSR count). The van der Waals surface area contributed by atoms with Crippen molar-refractivity contribution in [2.75, 3.05) is 0 Å². The van der Waals surface area contributed by atoms with Crippen LogP contribution in [0.2, 0.25) is 0 Å². The molecule has 0 aliphatic rings. The molecule has 1 aromatic rings. The molecular formula is C11H17NO3S. The Morgan fingerprint density at radius 1 is 1.19 bits per heavy atom. The smallest absolute Gasteiger partial charge is 0.237 e. The van der Waals surface area contributed by atoms with Gasteiger partial charge in [0.15, 0.2) is 0 Å². The minimum absolute atomic E-state index is 0.0794. The fourth-order valence-electron chi connectivity index (χ4n) is 1.01. The highest BCUT2D eigenvalue weighted by molar-refractivity contribution is 7.88. The summed E-state index contributed by atoms with van der Waals surface area (Å²) in [5.74, 6) is -0.0794. The van der Waals surface area contributed by atoms with Crippen LogP contribution in [0.1, 0.15) is 26.3 Å². The Morgan fingerprint density at radius 3 is 2.25 bits per heavy atom. The zero-order chi connectivity index (χ0) is 12.2. The van der Waals surface area contributed by atoms with Crippen molar-refractivity contribution in [2.24, 2.45) is 0 Å². The van der Waals surface area contributed by atoms with Crippen molar-refractivity contribution in [3.63, 3.8) is 0 Å². The van der Waals surface area contributed by atoms with Gasteiger partial charge >= 0.3 is 0 Å². The van der Waals surface area contributed by atoms with Gasteiger partial charge in [0.1, 0.15) is 0 Å². The molecule has 0 fully saturated rings. The van der Waals surface area contributed by atoms with E-state index in [9.17, 15) is 8.42 Å². The maximum Gasteiger partial charge on any atom is 0.237 e. The number of hydrogen-bond acceptors (Lipinski definition) is 3. The van der Waals surface area contributed by atoms with Gasteiger partial charge in [0.2, 0.25) is 10.0 Å². The maximum atomic E-state index is 11.6. The van der Waals surface area contributed by atoms with E-state index in [1.807, 2.05) is 6.07 Å². The maximum absolute atomic E-state index is 11.6. The third kappa shape index (κ3) is 5.25. The molecule has 0 saturated heterocycles. The summed E-state index contributed by atoms with van der Waals surface area (Å²) in [6, 6.07) is 8.97. The van der Waals surface area contributed by atoms with Crippen molar-refractivity contribution in [3.8, 4) is 0 Å². The molecule has 0 aliphatic carbocycles. The number of benzene rings is 1. The van der Waals surface area contributed by atoms with Crippen LogP contribution in [0.15, 0.2) is 30.3 Å². The van der Waals surface area contributed by atoms with E-state index in [2.05, 4.69) is 4.89 Å². The molecular weight excluding hydrogens is 226 g/mol. The summed E-state index contributed by atoms with van der Waals surface area (Å²) >= 11 is 0. The summed E-state index contributed by atoms with van der Waals surface area (Å²) in [5.41, 5.74) is 0.191. The molecule has 0 unspecified atom stereocenters. The normalized spacial score (nSPS) is 12.7. The first kappa shape index (κ1) is 13.2. The number of sulfonamides is 1. The number of hydrogen-bond donors (Lipinski definition) is 1. The van der Waals surface area contributed by atoms with Crippen molar-refractivity contribution in [2.45, 2.75) is 32.1 Å². The summed E-state index contributed by atoms with van der Waals surface area (Å²) in [5, 5.41) is 0.